The molecule has 5 heteroatoms. The lowest BCUT2D eigenvalue weighted by atomic mass is 9.79. The maximum absolute atomic E-state index is 12.3. The number of aryl methyl sites for hydroxylation is 2. The quantitative estimate of drug-likeness (QED) is 0.880. The molecular formula is C14H22N2O3. The molecule has 19 heavy (non-hydrogen) atoms. The Kier molecular flexibility index (Phi) is 3.21. The van der Waals surface area contributed by atoms with Gasteiger partial charge in [0.25, 0.3) is 0 Å². The van der Waals surface area contributed by atoms with Gasteiger partial charge >= 0.3 is 0 Å². The predicted molar refractivity (Wildman–Crippen MR) is 70.7 cm³/mol. The SMILES string of the molecule is Cc1noc(C)c1CC(=O)N1CC(C)(C)[C@](C)(O)C1. The van der Waals surface area contributed by atoms with Crippen molar-refractivity contribution in [2.24, 2.45) is 5.41 Å². The fourth-order valence-electron chi connectivity index (χ4n) is 2.48. The lowest BCUT2D eigenvalue weighted by Gasteiger charge is -2.30. The van der Waals surface area contributed by atoms with Crippen LogP contribution >= 0.6 is 0 Å². The van der Waals surface area contributed by atoms with Crippen molar-refractivity contribution >= 4 is 5.91 Å². The Labute approximate surface area is 113 Å². The molecule has 1 aromatic heterocycles. The molecule has 1 fully saturated rings. The summed E-state index contributed by atoms with van der Waals surface area (Å²) < 4.78 is 5.07. The Morgan fingerprint density at radius 3 is 2.42 bits per heavy atom. The molecule has 1 aromatic rings. The molecule has 106 valence electrons. The number of rotatable bonds is 2. The van der Waals surface area contributed by atoms with E-state index in [4.69, 9.17) is 4.52 Å². The lowest BCUT2D eigenvalue weighted by molar-refractivity contribution is -0.130. The summed E-state index contributed by atoms with van der Waals surface area (Å²) in [6, 6.07) is 0. The van der Waals surface area contributed by atoms with Gasteiger partial charge in [-0.1, -0.05) is 19.0 Å². The van der Waals surface area contributed by atoms with Crippen LogP contribution in [0.15, 0.2) is 4.52 Å². The molecule has 1 aliphatic rings. The number of hydrogen-bond acceptors (Lipinski definition) is 4. The van der Waals surface area contributed by atoms with E-state index in [0.717, 1.165) is 11.3 Å². The van der Waals surface area contributed by atoms with Crippen molar-refractivity contribution in [3.05, 3.63) is 17.0 Å². The average molecular weight is 266 g/mol. The summed E-state index contributed by atoms with van der Waals surface area (Å²) in [6.07, 6.45) is 0.285. The molecule has 1 saturated heterocycles. The number of likely N-dealkylation sites (tertiary alicyclic amines) is 1. The van der Waals surface area contributed by atoms with E-state index in [1.54, 1.807) is 11.8 Å². The standard InChI is InChI=1S/C14H22N2O3/c1-9-11(10(2)19-15-9)6-12(17)16-7-13(3,4)14(5,18)8-16/h18H,6-8H2,1-5H3/t14-/m1/s1. The van der Waals surface area contributed by atoms with Crippen LogP contribution in [-0.2, 0) is 11.2 Å². The summed E-state index contributed by atoms with van der Waals surface area (Å²) in [5, 5.41) is 14.2. The van der Waals surface area contributed by atoms with Gasteiger partial charge in [-0.2, -0.15) is 0 Å². The topological polar surface area (TPSA) is 66.6 Å². The van der Waals surface area contributed by atoms with Crippen molar-refractivity contribution in [3.63, 3.8) is 0 Å². The second kappa shape index (κ2) is 4.34. The van der Waals surface area contributed by atoms with E-state index >= 15 is 0 Å². The maximum atomic E-state index is 12.3. The van der Waals surface area contributed by atoms with E-state index in [1.165, 1.54) is 0 Å². The van der Waals surface area contributed by atoms with Gasteiger partial charge < -0.3 is 14.5 Å². The summed E-state index contributed by atoms with van der Waals surface area (Å²) in [7, 11) is 0. The molecule has 1 amide bonds. The maximum Gasteiger partial charge on any atom is 0.227 e. The summed E-state index contributed by atoms with van der Waals surface area (Å²) in [5.74, 6) is 0.705. The van der Waals surface area contributed by atoms with Crippen LogP contribution in [0.4, 0.5) is 0 Å². The molecule has 2 rings (SSSR count). The number of aromatic nitrogens is 1. The molecule has 2 heterocycles. The Hall–Kier alpha value is -1.36. The molecule has 0 saturated carbocycles. The van der Waals surface area contributed by atoms with Crippen LogP contribution in [0.5, 0.6) is 0 Å². The van der Waals surface area contributed by atoms with Gasteiger partial charge in [-0.05, 0) is 20.8 Å². The van der Waals surface area contributed by atoms with Gasteiger partial charge in [0.1, 0.15) is 5.76 Å². The number of nitrogens with zero attached hydrogens (tertiary/aromatic N) is 2. The average Bonchev–Trinajstić information content (AvgIpc) is 2.69. The van der Waals surface area contributed by atoms with Crippen molar-refractivity contribution in [1.29, 1.82) is 0 Å². The van der Waals surface area contributed by atoms with Crippen LogP contribution in [0.3, 0.4) is 0 Å². The van der Waals surface area contributed by atoms with Gasteiger partial charge in [-0.3, -0.25) is 4.79 Å². The predicted octanol–water partition coefficient (Wildman–Crippen LogP) is 1.45. The number of carbonyl (C=O) groups excluding carboxylic acids is 1. The summed E-state index contributed by atoms with van der Waals surface area (Å²) in [6.45, 7) is 10.4. The van der Waals surface area contributed by atoms with E-state index in [9.17, 15) is 9.90 Å². The number of carbonyl (C=O) groups is 1. The van der Waals surface area contributed by atoms with Gasteiger partial charge in [-0.25, -0.2) is 0 Å². The van der Waals surface area contributed by atoms with Crippen LogP contribution in [0.25, 0.3) is 0 Å². The minimum absolute atomic E-state index is 0.0141. The van der Waals surface area contributed by atoms with Gasteiger partial charge in [0.2, 0.25) is 5.91 Å². The van der Waals surface area contributed by atoms with Crippen molar-refractivity contribution in [2.75, 3.05) is 13.1 Å². The second-order valence-corrected chi connectivity index (χ2v) is 6.39. The van der Waals surface area contributed by atoms with Gasteiger partial charge in [0.15, 0.2) is 0 Å². The first-order valence-electron chi connectivity index (χ1n) is 6.56. The van der Waals surface area contributed by atoms with E-state index in [-0.39, 0.29) is 17.7 Å². The molecule has 1 atom stereocenters. The largest absolute Gasteiger partial charge is 0.388 e. The molecule has 5 nitrogen and oxygen atoms in total. The fraction of sp³-hybridized carbons (Fsp3) is 0.714. The third-order valence-corrected chi connectivity index (χ3v) is 4.40. The zero-order valence-corrected chi connectivity index (χ0v) is 12.3. The zero-order chi connectivity index (χ0) is 14.4. The molecule has 1 aliphatic heterocycles. The first-order valence-corrected chi connectivity index (χ1v) is 6.56. The molecule has 0 spiro atoms. The molecule has 0 unspecified atom stereocenters. The van der Waals surface area contributed by atoms with Gasteiger partial charge in [0, 0.05) is 24.1 Å². The van der Waals surface area contributed by atoms with E-state index in [0.29, 0.717) is 18.8 Å². The molecule has 0 aromatic carbocycles. The normalized spacial score (nSPS) is 25.9. The van der Waals surface area contributed by atoms with Crippen LogP contribution in [0.1, 0.15) is 37.8 Å². The van der Waals surface area contributed by atoms with Crippen molar-refractivity contribution in [1.82, 2.24) is 10.1 Å². The van der Waals surface area contributed by atoms with E-state index < -0.39 is 5.60 Å². The third-order valence-electron chi connectivity index (χ3n) is 4.40. The van der Waals surface area contributed by atoms with E-state index in [1.807, 2.05) is 27.7 Å². The Balaban J connectivity index is 2.11. The first-order chi connectivity index (χ1) is 8.64. The molecule has 0 aliphatic carbocycles. The highest BCUT2D eigenvalue weighted by Crippen LogP contribution is 2.38. The zero-order valence-electron chi connectivity index (χ0n) is 12.3. The summed E-state index contributed by atoms with van der Waals surface area (Å²) >= 11 is 0. The minimum Gasteiger partial charge on any atom is -0.388 e. The van der Waals surface area contributed by atoms with Crippen LogP contribution in [0.2, 0.25) is 0 Å². The minimum atomic E-state index is -0.846. The lowest BCUT2D eigenvalue weighted by Crippen LogP contribution is -2.40. The smallest absolute Gasteiger partial charge is 0.227 e. The summed E-state index contributed by atoms with van der Waals surface area (Å²) in [5.41, 5.74) is 0.480. The fourth-order valence-corrected chi connectivity index (χ4v) is 2.48. The molecular weight excluding hydrogens is 244 g/mol. The number of hydrogen-bond donors (Lipinski definition) is 1. The Morgan fingerprint density at radius 1 is 1.37 bits per heavy atom. The number of amides is 1. The van der Waals surface area contributed by atoms with Crippen molar-refractivity contribution in [2.45, 2.75) is 46.6 Å². The highest BCUT2D eigenvalue weighted by atomic mass is 16.5. The van der Waals surface area contributed by atoms with Crippen LogP contribution < -0.4 is 0 Å². The third kappa shape index (κ3) is 2.39. The highest BCUT2D eigenvalue weighted by molar-refractivity contribution is 5.79. The Bertz CT molecular complexity index is 467. The first kappa shape index (κ1) is 14.1. The second-order valence-electron chi connectivity index (χ2n) is 6.39. The van der Waals surface area contributed by atoms with Crippen LogP contribution in [0, 0.1) is 19.3 Å². The number of aliphatic hydroxyl groups is 1. The van der Waals surface area contributed by atoms with Gasteiger partial charge in [-0.15, -0.1) is 0 Å². The molecule has 1 N–H and O–H groups in total. The monoisotopic (exact) mass is 266 g/mol. The molecule has 0 bridgehead atoms. The van der Waals surface area contributed by atoms with Crippen molar-refractivity contribution < 1.29 is 14.4 Å². The van der Waals surface area contributed by atoms with Crippen LogP contribution in [-0.4, -0.2) is 39.8 Å². The molecule has 0 radical (unpaired) electrons. The number of β-amino-alcohol motifs (C(OH)–C–C–N with tert-alkyl or cyclic N) is 1. The van der Waals surface area contributed by atoms with E-state index in [2.05, 4.69) is 5.16 Å². The summed E-state index contributed by atoms with van der Waals surface area (Å²) in [4.78, 5) is 14.1. The Morgan fingerprint density at radius 2 is 2.00 bits per heavy atom. The van der Waals surface area contributed by atoms with Crippen molar-refractivity contribution in [3.8, 4) is 0 Å². The highest BCUT2D eigenvalue weighted by Gasteiger charge is 2.49. The van der Waals surface area contributed by atoms with Gasteiger partial charge in [0.05, 0.1) is 17.7 Å².